The summed E-state index contributed by atoms with van der Waals surface area (Å²) in [7, 11) is 0. The summed E-state index contributed by atoms with van der Waals surface area (Å²) in [6, 6.07) is 6.57. The number of hydrogen-bond donors (Lipinski definition) is 0. The molecule has 72 valence electrons. The maximum absolute atomic E-state index is 2.27. The van der Waals surface area contributed by atoms with Gasteiger partial charge in [-0.15, -0.1) is 22.7 Å². The lowest BCUT2D eigenvalue weighted by Crippen LogP contribution is -2.22. The molecule has 2 aromatic heterocycles. The van der Waals surface area contributed by atoms with Crippen LogP contribution in [-0.2, 0) is 0 Å². The molecule has 0 unspecified atom stereocenters. The second kappa shape index (κ2) is 4.56. The summed E-state index contributed by atoms with van der Waals surface area (Å²) in [6.07, 6.45) is 2.17. The van der Waals surface area contributed by atoms with E-state index in [1.165, 1.54) is 15.2 Å². The predicted octanol–water partition coefficient (Wildman–Crippen LogP) is 3.67. The fourth-order valence-corrected chi connectivity index (χ4v) is 3.79. The van der Waals surface area contributed by atoms with Gasteiger partial charge in [-0.1, -0.05) is 19.0 Å². The highest BCUT2D eigenvalue weighted by Gasteiger charge is 2.15. The van der Waals surface area contributed by atoms with Crippen LogP contribution in [0.5, 0.6) is 0 Å². The van der Waals surface area contributed by atoms with Crippen molar-refractivity contribution in [1.82, 2.24) is 0 Å². The monoisotopic (exact) mass is 238 g/mol. The van der Waals surface area contributed by atoms with Crippen LogP contribution in [0.2, 0.25) is 6.82 Å². The van der Waals surface area contributed by atoms with Gasteiger partial charge in [-0.2, -0.15) is 0 Å². The van der Waals surface area contributed by atoms with E-state index in [4.69, 9.17) is 0 Å². The van der Waals surface area contributed by atoms with Crippen LogP contribution < -0.4 is 5.46 Å². The Hall–Kier alpha value is -0.185. The topological polar surface area (TPSA) is 0 Å². The Bertz CT molecular complexity index is 391. The maximum Gasteiger partial charge on any atom is 0.240 e. The van der Waals surface area contributed by atoms with E-state index in [1.807, 2.05) is 34.3 Å². The smallest absolute Gasteiger partial charge is 0.207 e. The minimum Gasteiger partial charge on any atom is -0.207 e. The van der Waals surface area contributed by atoms with Crippen LogP contribution >= 0.6 is 34.3 Å². The Balaban J connectivity index is 2.40. The molecule has 0 bridgehead atoms. The standard InChI is InChI=1S/C10H11BS3/c1-11(12-2)8-5-7-14-10(8)9-4-3-6-13-9/h3-7H,1-2H3. The highest BCUT2D eigenvalue weighted by atomic mass is 32.2. The second-order valence-electron chi connectivity index (χ2n) is 3.06. The molecule has 0 aromatic carbocycles. The van der Waals surface area contributed by atoms with E-state index in [2.05, 4.69) is 42.0 Å². The van der Waals surface area contributed by atoms with Gasteiger partial charge in [0.05, 0.1) is 0 Å². The van der Waals surface area contributed by atoms with E-state index in [1.54, 1.807) is 0 Å². The third-order valence-corrected chi connectivity index (χ3v) is 5.17. The van der Waals surface area contributed by atoms with Gasteiger partial charge in [0.2, 0.25) is 5.99 Å². The molecule has 0 aliphatic carbocycles. The molecule has 0 aliphatic heterocycles. The van der Waals surface area contributed by atoms with Crippen molar-refractivity contribution in [3.63, 3.8) is 0 Å². The lowest BCUT2D eigenvalue weighted by molar-refractivity contribution is 1.97. The largest absolute Gasteiger partial charge is 0.240 e. The molecule has 0 atom stereocenters. The van der Waals surface area contributed by atoms with Crippen molar-refractivity contribution < 1.29 is 0 Å². The zero-order chi connectivity index (χ0) is 9.97. The minimum atomic E-state index is 0.596. The van der Waals surface area contributed by atoms with E-state index >= 15 is 0 Å². The number of hydrogen-bond acceptors (Lipinski definition) is 3. The molecule has 0 N–H and O–H groups in total. The van der Waals surface area contributed by atoms with Crippen molar-refractivity contribution in [2.24, 2.45) is 0 Å². The lowest BCUT2D eigenvalue weighted by Gasteiger charge is -2.04. The van der Waals surface area contributed by atoms with Crippen molar-refractivity contribution in [2.45, 2.75) is 6.82 Å². The first-order valence-electron chi connectivity index (χ1n) is 4.47. The van der Waals surface area contributed by atoms with Gasteiger partial charge in [0.1, 0.15) is 0 Å². The summed E-state index contributed by atoms with van der Waals surface area (Å²) < 4.78 is 0. The Morgan fingerprint density at radius 3 is 2.71 bits per heavy atom. The van der Waals surface area contributed by atoms with Crippen LogP contribution in [-0.4, -0.2) is 12.2 Å². The fraction of sp³-hybridized carbons (Fsp3) is 0.200. The Morgan fingerprint density at radius 1 is 1.21 bits per heavy atom. The summed E-state index contributed by atoms with van der Waals surface area (Å²) in [4.78, 5) is 2.85. The van der Waals surface area contributed by atoms with Gasteiger partial charge >= 0.3 is 0 Å². The van der Waals surface area contributed by atoms with Crippen molar-refractivity contribution in [2.75, 3.05) is 6.26 Å². The molecular weight excluding hydrogens is 227 g/mol. The van der Waals surface area contributed by atoms with E-state index in [9.17, 15) is 0 Å². The van der Waals surface area contributed by atoms with Gasteiger partial charge in [-0.05, 0) is 28.5 Å². The van der Waals surface area contributed by atoms with Gasteiger partial charge in [-0.3, -0.25) is 0 Å². The van der Waals surface area contributed by atoms with Crippen LogP contribution in [0.25, 0.3) is 9.75 Å². The van der Waals surface area contributed by atoms with E-state index in [0.717, 1.165) is 0 Å². The SMILES string of the molecule is CSB(C)c1ccsc1-c1cccs1. The van der Waals surface area contributed by atoms with Gasteiger partial charge in [0.15, 0.2) is 0 Å². The summed E-state index contributed by atoms with van der Waals surface area (Å²) in [5.74, 6) is 0.596. The first-order chi connectivity index (χ1) is 6.83. The molecule has 14 heavy (non-hydrogen) atoms. The molecule has 0 saturated carbocycles. The highest BCUT2D eigenvalue weighted by molar-refractivity contribution is 8.26. The van der Waals surface area contributed by atoms with Crippen molar-refractivity contribution in [1.29, 1.82) is 0 Å². The molecule has 2 rings (SSSR count). The zero-order valence-corrected chi connectivity index (χ0v) is 10.6. The second-order valence-corrected chi connectivity index (χ2v) is 6.10. The van der Waals surface area contributed by atoms with Crippen LogP contribution in [0.4, 0.5) is 0 Å². The van der Waals surface area contributed by atoms with Crippen LogP contribution in [0, 0.1) is 0 Å². The molecule has 4 heteroatoms. The molecule has 2 heterocycles. The maximum atomic E-state index is 2.27. The Labute approximate surface area is 97.3 Å². The van der Waals surface area contributed by atoms with E-state index < -0.39 is 0 Å². The first-order valence-corrected chi connectivity index (χ1v) is 7.51. The summed E-state index contributed by atoms with van der Waals surface area (Å²) in [5.41, 5.74) is 1.48. The molecule has 2 aromatic rings. The average Bonchev–Trinajstić information content (AvgIpc) is 2.85. The number of thiophene rings is 2. The molecular formula is C10H11BS3. The summed E-state index contributed by atoms with van der Waals surface area (Å²) >= 11 is 5.58. The van der Waals surface area contributed by atoms with Crippen molar-refractivity contribution in [3.8, 4) is 9.75 Å². The molecule has 0 fully saturated rings. The van der Waals surface area contributed by atoms with Gasteiger partial charge in [0, 0.05) is 9.75 Å². The van der Waals surface area contributed by atoms with Crippen LogP contribution in [0.3, 0.4) is 0 Å². The molecule has 0 saturated heterocycles. The minimum absolute atomic E-state index is 0.596. The Kier molecular flexibility index (Phi) is 3.36. The summed E-state index contributed by atoms with van der Waals surface area (Å²) in [6.45, 7) is 2.27. The van der Waals surface area contributed by atoms with Crippen molar-refractivity contribution in [3.05, 3.63) is 29.0 Å². The van der Waals surface area contributed by atoms with E-state index in [-0.39, 0.29) is 0 Å². The molecule has 0 nitrogen and oxygen atoms in total. The van der Waals surface area contributed by atoms with Gasteiger partial charge in [-0.25, -0.2) is 11.6 Å². The van der Waals surface area contributed by atoms with Gasteiger partial charge in [0.25, 0.3) is 0 Å². The van der Waals surface area contributed by atoms with E-state index in [0.29, 0.717) is 5.99 Å². The highest BCUT2D eigenvalue weighted by Crippen LogP contribution is 2.28. The Morgan fingerprint density at radius 2 is 2.07 bits per heavy atom. The first kappa shape index (κ1) is 10.3. The molecule has 0 radical (unpaired) electrons. The summed E-state index contributed by atoms with van der Waals surface area (Å²) in [5, 5.41) is 4.33. The fourth-order valence-electron chi connectivity index (χ4n) is 1.37. The third-order valence-electron chi connectivity index (χ3n) is 2.23. The van der Waals surface area contributed by atoms with Gasteiger partial charge < -0.3 is 0 Å². The predicted molar refractivity (Wildman–Crippen MR) is 72.4 cm³/mol. The number of rotatable bonds is 3. The average molecular weight is 238 g/mol. The van der Waals surface area contributed by atoms with Crippen LogP contribution in [0.1, 0.15) is 0 Å². The molecule has 0 spiro atoms. The zero-order valence-electron chi connectivity index (χ0n) is 8.19. The molecule has 0 amide bonds. The lowest BCUT2D eigenvalue weighted by atomic mass is 9.71. The molecule has 0 aliphatic rings. The normalized spacial score (nSPS) is 10.4. The van der Waals surface area contributed by atoms with Crippen LogP contribution in [0.15, 0.2) is 29.0 Å². The van der Waals surface area contributed by atoms with Crippen molar-refractivity contribution >= 4 is 45.7 Å². The quantitative estimate of drug-likeness (QED) is 0.735. The third kappa shape index (κ3) is 1.92.